The Morgan fingerprint density at radius 1 is 1.15 bits per heavy atom. The number of H-pyrrole nitrogens is 1. The molecule has 34 heavy (non-hydrogen) atoms. The van der Waals surface area contributed by atoms with Crippen molar-refractivity contribution in [3.8, 4) is 11.3 Å². The van der Waals surface area contributed by atoms with Gasteiger partial charge in [0.25, 0.3) is 0 Å². The van der Waals surface area contributed by atoms with E-state index in [1.807, 2.05) is 24.4 Å². The van der Waals surface area contributed by atoms with Gasteiger partial charge in [-0.05, 0) is 36.8 Å². The van der Waals surface area contributed by atoms with E-state index in [1.54, 1.807) is 22.9 Å². The molecule has 12 heteroatoms. The van der Waals surface area contributed by atoms with Crippen molar-refractivity contribution in [2.45, 2.75) is 25.4 Å². The van der Waals surface area contributed by atoms with Crippen molar-refractivity contribution >= 4 is 57.4 Å². The SMILES string of the molecule is CC(=O)Nc1n[nH]c2cc(-c3cn(C4CNC(C(=O)Nc5ccc(Cl)cc5Cl)C4)nn3)ccc12. The van der Waals surface area contributed by atoms with Gasteiger partial charge in [-0.15, -0.1) is 5.10 Å². The molecule has 0 spiro atoms. The van der Waals surface area contributed by atoms with Gasteiger partial charge in [0, 0.05) is 29.4 Å². The van der Waals surface area contributed by atoms with E-state index < -0.39 is 6.04 Å². The van der Waals surface area contributed by atoms with E-state index in [0.29, 0.717) is 40.2 Å². The number of fused-ring (bicyclic) bond motifs is 1. The van der Waals surface area contributed by atoms with Gasteiger partial charge in [0.2, 0.25) is 11.8 Å². The number of nitrogens with zero attached hydrogens (tertiary/aromatic N) is 4. The summed E-state index contributed by atoms with van der Waals surface area (Å²) in [6, 6.07) is 10.2. The first-order valence-electron chi connectivity index (χ1n) is 10.5. The fraction of sp³-hybridized carbons (Fsp3) is 0.227. The number of anilines is 2. The fourth-order valence-corrected chi connectivity index (χ4v) is 4.41. The van der Waals surface area contributed by atoms with Crippen molar-refractivity contribution in [3.63, 3.8) is 0 Å². The van der Waals surface area contributed by atoms with E-state index in [4.69, 9.17) is 23.2 Å². The highest BCUT2D eigenvalue weighted by Crippen LogP contribution is 2.29. The Hall–Kier alpha value is -3.47. The number of halogens is 2. The molecule has 1 aliphatic heterocycles. The zero-order valence-corrected chi connectivity index (χ0v) is 19.5. The molecule has 0 bridgehead atoms. The molecule has 4 aromatic rings. The lowest BCUT2D eigenvalue weighted by Crippen LogP contribution is -2.35. The van der Waals surface area contributed by atoms with Crippen molar-refractivity contribution in [1.82, 2.24) is 30.5 Å². The second-order valence-electron chi connectivity index (χ2n) is 8.06. The minimum absolute atomic E-state index is 0.0278. The zero-order chi connectivity index (χ0) is 23.8. The van der Waals surface area contributed by atoms with Crippen LogP contribution < -0.4 is 16.0 Å². The number of carbonyl (C=O) groups excluding carboxylic acids is 2. The first-order chi connectivity index (χ1) is 16.4. The van der Waals surface area contributed by atoms with Crippen LogP contribution >= 0.6 is 23.2 Å². The molecule has 3 heterocycles. The number of amides is 2. The summed E-state index contributed by atoms with van der Waals surface area (Å²) in [6.07, 6.45) is 2.41. The van der Waals surface area contributed by atoms with Crippen molar-refractivity contribution in [3.05, 3.63) is 52.6 Å². The number of hydrogen-bond acceptors (Lipinski definition) is 6. The topological polar surface area (TPSA) is 130 Å². The minimum Gasteiger partial charge on any atom is -0.323 e. The van der Waals surface area contributed by atoms with Crippen molar-refractivity contribution in [1.29, 1.82) is 0 Å². The van der Waals surface area contributed by atoms with Gasteiger partial charge < -0.3 is 16.0 Å². The van der Waals surface area contributed by atoms with Gasteiger partial charge >= 0.3 is 0 Å². The molecule has 2 atom stereocenters. The maximum atomic E-state index is 12.7. The third-order valence-electron chi connectivity index (χ3n) is 5.65. The van der Waals surface area contributed by atoms with Gasteiger partial charge in [0.1, 0.15) is 5.69 Å². The van der Waals surface area contributed by atoms with Crippen molar-refractivity contribution in [2.75, 3.05) is 17.2 Å². The lowest BCUT2D eigenvalue weighted by molar-refractivity contribution is -0.118. The smallest absolute Gasteiger partial charge is 0.241 e. The third kappa shape index (κ3) is 4.47. The molecule has 4 N–H and O–H groups in total. The Labute approximate surface area is 204 Å². The maximum Gasteiger partial charge on any atom is 0.241 e. The molecule has 10 nitrogen and oxygen atoms in total. The average Bonchev–Trinajstić information content (AvgIpc) is 3.54. The average molecular weight is 499 g/mol. The highest BCUT2D eigenvalue weighted by atomic mass is 35.5. The van der Waals surface area contributed by atoms with E-state index >= 15 is 0 Å². The summed E-state index contributed by atoms with van der Waals surface area (Å²) in [6.45, 7) is 2.01. The van der Waals surface area contributed by atoms with Gasteiger partial charge in [-0.3, -0.25) is 14.7 Å². The van der Waals surface area contributed by atoms with Crippen LogP contribution in [0.15, 0.2) is 42.6 Å². The standard InChI is InChI=1S/C22H20Cl2N8O2/c1-11(33)26-21-15-4-2-12(6-18(15)28-30-21)20-10-32(31-29-20)14-8-19(25-9-14)22(34)27-17-5-3-13(23)7-16(17)24/h2-7,10,14,19,25H,8-9H2,1H3,(H,27,34)(H2,26,28,30,33). The molecule has 0 radical (unpaired) electrons. The number of rotatable bonds is 5. The van der Waals surface area contributed by atoms with Crippen LogP contribution in [0.1, 0.15) is 19.4 Å². The summed E-state index contributed by atoms with van der Waals surface area (Å²) < 4.78 is 1.77. The molecule has 0 saturated carbocycles. The van der Waals surface area contributed by atoms with Crippen LogP contribution in [0, 0.1) is 0 Å². The van der Waals surface area contributed by atoms with Crippen LogP contribution in [0.3, 0.4) is 0 Å². The predicted octanol–water partition coefficient (Wildman–Crippen LogP) is 3.63. The number of hydrogen-bond donors (Lipinski definition) is 4. The summed E-state index contributed by atoms with van der Waals surface area (Å²) in [4.78, 5) is 24.0. The largest absolute Gasteiger partial charge is 0.323 e. The van der Waals surface area contributed by atoms with Gasteiger partial charge in [-0.1, -0.05) is 34.5 Å². The highest BCUT2D eigenvalue weighted by Gasteiger charge is 2.31. The van der Waals surface area contributed by atoms with Crippen LogP contribution in [0.4, 0.5) is 11.5 Å². The van der Waals surface area contributed by atoms with Crippen LogP contribution in [0.5, 0.6) is 0 Å². The Morgan fingerprint density at radius 3 is 2.79 bits per heavy atom. The van der Waals surface area contributed by atoms with E-state index in [0.717, 1.165) is 16.5 Å². The number of aromatic amines is 1. The van der Waals surface area contributed by atoms with E-state index in [-0.39, 0.29) is 17.9 Å². The molecule has 0 aliphatic carbocycles. The highest BCUT2D eigenvalue weighted by molar-refractivity contribution is 6.36. The second kappa shape index (κ2) is 9.05. The summed E-state index contributed by atoms with van der Waals surface area (Å²) in [5.41, 5.74) is 2.84. The molecular formula is C22H20Cl2N8O2. The molecule has 2 aromatic heterocycles. The van der Waals surface area contributed by atoms with Crippen molar-refractivity contribution in [2.24, 2.45) is 0 Å². The van der Waals surface area contributed by atoms with Gasteiger partial charge in [-0.25, -0.2) is 4.68 Å². The van der Waals surface area contributed by atoms with E-state index in [1.165, 1.54) is 6.92 Å². The summed E-state index contributed by atoms with van der Waals surface area (Å²) in [5, 5.41) is 26.1. The maximum absolute atomic E-state index is 12.7. The molecule has 1 saturated heterocycles. The van der Waals surface area contributed by atoms with Gasteiger partial charge in [0.15, 0.2) is 5.82 Å². The predicted molar refractivity (Wildman–Crippen MR) is 130 cm³/mol. The van der Waals surface area contributed by atoms with Crippen molar-refractivity contribution < 1.29 is 9.59 Å². The summed E-state index contributed by atoms with van der Waals surface area (Å²) >= 11 is 12.1. The number of nitrogens with one attached hydrogen (secondary N) is 4. The molecule has 1 aliphatic rings. The first-order valence-corrected chi connectivity index (χ1v) is 11.3. The van der Waals surface area contributed by atoms with Crippen LogP contribution in [0.2, 0.25) is 10.0 Å². The summed E-state index contributed by atoms with van der Waals surface area (Å²) in [5.74, 6) is 0.125. The molecular weight excluding hydrogens is 479 g/mol. The number of aromatic nitrogens is 5. The lowest BCUT2D eigenvalue weighted by atomic mass is 10.1. The first kappa shape index (κ1) is 22.3. The molecule has 2 amide bonds. The molecule has 2 unspecified atom stereocenters. The molecule has 5 rings (SSSR count). The number of benzene rings is 2. The Bertz CT molecular complexity index is 1400. The Kier molecular flexibility index (Phi) is 5.94. The monoisotopic (exact) mass is 498 g/mol. The zero-order valence-electron chi connectivity index (χ0n) is 18.0. The lowest BCUT2D eigenvalue weighted by Gasteiger charge is -2.12. The number of carbonyl (C=O) groups is 2. The minimum atomic E-state index is -0.391. The van der Waals surface area contributed by atoms with E-state index in [9.17, 15) is 9.59 Å². The molecule has 174 valence electrons. The molecule has 2 aromatic carbocycles. The Morgan fingerprint density at radius 2 is 2.00 bits per heavy atom. The van der Waals surface area contributed by atoms with Crippen LogP contribution in [0.25, 0.3) is 22.2 Å². The second-order valence-corrected chi connectivity index (χ2v) is 8.90. The fourth-order valence-electron chi connectivity index (χ4n) is 3.96. The molecule has 1 fully saturated rings. The quantitative estimate of drug-likeness (QED) is 0.332. The van der Waals surface area contributed by atoms with Crippen LogP contribution in [-0.4, -0.2) is 49.6 Å². The van der Waals surface area contributed by atoms with Crippen LogP contribution in [-0.2, 0) is 9.59 Å². The Balaban J connectivity index is 1.27. The van der Waals surface area contributed by atoms with Gasteiger partial charge in [-0.2, -0.15) is 5.10 Å². The van der Waals surface area contributed by atoms with E-state index in [2.05, 4.69) is 36.5 Å². The normalized spacial score (nSPS) is 17.7. The third-order valence-corrected chi connectivity index (χ3v) is 6.20. The van der Waals surface area contributed by atoms with Gasteiger partial charge in [0.05, 0.1) is 34.5 Å². The summed E-state index contributed by atoms with van der Waals surface area (Å²) in [7, 11) is 0.